The fourth-order valence-electron chi connectivity index (χ4n) is 5.16. The first-order chi connectivity index (χ1) is 18.1. The van der Waals surface area contributed by atoms with Gasteiger partial charge in [0.2, 0.25) is 5.75 Å². The topological polar surface area (TPSA) is 59.0 Å². The van der Waals surface area contributed by atoms with E-state index in [4.69, 9.17) is 28.7 Å². The molecule has 0 amide bonds. The predicted octanol–water partition coefficient (Wildman–Crippen LogP) is 6.77. The zero-order chi connectivity index (χ0) is 25.5. The van der Waals surface area contributed by atoms with Crippen molar-refractivity contribution in [3.63, 3.8) is 0 Å². The number of fused-ring (bicyclic) bond motifs is 2. The molecule has 37 heavy (non-hydrogen) atoms. The molecule has 0 aliphatic carbocycles. The van der Waals surface area contributed by atoms with Crippen molar-refractivity contribution < 1.29 is 23.7 Å². The molecule has 1 atom stereocenters. The van der Waals surface area contributed by atoms with Gasteiger partial charge in [-0.25, -0.2) is 0 Å². The molecule has 1 aromatic heterocycles. The van der Waals surface area contributed by atoms with E-state index in [0.717, 1.165) is 55.6 Å². The summed E-state index contributed by atoms with van der Waals surface area (Å²) in [5.74, 6) is 3.37. The molecule has 4 aromatic carbocycles. The van der Waals surface area contributed by atoms with Crippen LogP contribution in [0.25, 0.3) is 32.8 Å². The number of benzene rings is 4. The Morgan fingerprint density at radius 1 is 0.730 bits per heavy atom. The number of methoxy groups -OCH3 is 4. The van der Waals surface area contributed by atoms with Crippen LogP contribution in [0.4, 0.5) is 0 Å². The summed E-state index contributed by atoms with van der Waals surface area (Å²) in [5, 5.41) is 3.29. The van der Waals surface area contributed by atoms with Gasteiger partial charge < -0.3 is 23.7 Å². The number of hydrogen-bond acceptors (Lipinski definition) is 6. The van der Waals surface area contributed by atoms with Crippen molar-refractivity contribution in [1.82, 2.24) is 4.98 Å². The monoisotopic (exact) mass is 493 g/mol. The molecule has 0 fully saturated rings. The predicted molar refractivity (Wildman–Crippen MR) is 144 cm³/mol. The molecule has 6 heteroatoms. The number of ether oxygens (including phenoxy) is 5. The van der Waals surface area contributed by atoms with Crippen molar-refractivity contribution in [1.29, 1.82) is 0 Å². The highest BCUT2D eigenvalue weighted by molar-refractivity contribution is 6.10. The summed E-state index contributed by atoms with van der Waals surface area (Å²) >= 11 is 0. The van der Waals surface area contributed by atoms with Gasteiger partial charge in [-0.1, -0.05) is 30.3 Å². The third-order valence-electron chi connectivity index (χ3n) is 6.97. The maximum Gasteiger partial charge on any atom is 0.203 e. The molecule has 1 aliphatic rings. The quantitative estimate of drug-likeness (QED) is 0.244. The Kier molecular flexibility index (Phi) is 5.72. The summed E-state index contributed by atoms with van der Waals surface area (Å²) in [6.45, 7) is 0. The lowest BCUT2D eigenvalue weighted by Crippen LogP contribution is -2.17. The van der Waals surface area contributed by atoms with E-state index < -0.39 is 0 Å². The van der Waals surface area contributed by atoms with Crippen LogP contribution in [-0.4, -0.2) is 33.4 Å². The van der Waals surface area contributed by atoms with E-state index in [1.54, 1.807) is 28.4 Å². The van der Waals surface area contributed by atoms with E-state index >= 15 is 0 Å². The summed E-state index contributed by atoms with van der Waals surface area (Å²) in [6, 6.07) is 24.6. The lowest BCUT2D eigenvalue weighted by Gasteiger charge is -2.28. The van der Waals surface area contributed by atoms with E-state index in [1.165, 1.54) is 0 Å². The maximum absolute atomic E-state index is 6.70. The molecule has 5 aromatic rings. The average Bonchev–Trinajstić information content (AvgIpc) is 2.96. The molecule has 0 radical (unpaired) electrons. The first-order valence-corrected chi connectivity index (χ1v) is 12.1. The lowest BCUT2D eigenvalue weighted by atomic mass is 9.92. The van der Waals surface area contributed by atoms with E-state index in [0.29, 0.717) is 23.7 Å². The third kappa shape index (κ3) is 3.85. The van der Waals surface area contributed by atoms with Crippen LogP contribution in [0.15, 0.2) is 72.8 Å². The van der Waals surface area contributed by atoms with Gasteiger partial charge in [-0.3, -0.25) is 4.98 Å². The number of nitrogens with zero attached hydrogens (tertiary/aromatic N) is 1. The van der Waals surface area contributed by atoms with Crippen LogP contribution in [-0.2, 0) is 6.42 Å². The highest BCUT2D eigenvalue weighted by atomic mass is 16.5. The zero-order valence-electron chi connectivity index (χ0n) is 21.2. The van der Waals surface area contributed by atoms with Crippen molar-refractivity contribution in [3.05, 3.63) is 84.1 Å². The second kappa shape index (κ2) is 9.21. The van der Waals surface area contributed by atoms with Gasteiger partial charge in [0.25, 0.3) is 0 Å². The Labute approximate surface area is 215 Å². The molecule has 1 unspecified atom stereocenters. The first-order valence-electron chi connectivity index (χ1n) is 12.1. The highest BCUT2D eigenvalue weighted by Gasteiger charge is 2.28. The SMILES string of the molecule is COc1ccc(-c2cc3c4c(nc5ccccc5c4c2)CC(c2cc(OC)c(OC)c(OC)c2)O3)cc1. The Morgan fingerprint density at radius 3 is 2.14 bits per heavy atom. The van der Waals surface area contributed by atoms with Gasteiger partial charge >= 0.3 is 0 Å². The first kappa shape index (κ1) is 23.0. The smallest absolute Gasteiger partial charge is 0.203 e. The molecule has 0 spiro atoms. The number of hydrogen-bond donors (Lipinski definition) is 0. The van der Waals surface area contributed by atoms with Crippen LogP contribution in [0.5, 0.6) is 28.7 Å². The lowest BCUT2D eigenvalue weighted by molar-refractivity contribution is 0.199. The Balaban J connectivity index is 1.54. The number of rotatable bonds is 6. The minimum Gasteiger partial charge on any atom is -0.497 e. The van der Waals surface area contributed by atoms with Crippen molar-refractivity contribution in [2.75, 3.05) is 28.4 Å². The summed E-state index contributed by atoms with van der Waals surface area (Å²) in [4.78, 5) is 5.07. The summed E-state index contributed by atoms with van der Waals surface area (Å²) < 4.78 is 28.8. The van der Waals surface area contributed by atoms with E-state index in [1.807, 2.05) is 36.4 Å². The van der Waals surface area contributed by atoms with Gasteiger partial charge in [-0.2, -0.15) is 0 Å². The molecule has 186 valence electrons. The van der Waals surface area contributed by atoms with Crippen LogP contribution in [0.2, 0.25) is 0 Å². The second-order valence-corrected chi connectivity index (χ2v) is 8.97. The molecule has 1 aliphatic heterocycles. The minimum atomic E-state index is -0.274. The van der Waals surface area contributed by atoms with Gasteiger partial charge in [0, 0.05) is 22.8 Å². The van der Waals surface area contributed by atoms with E-state index in [2.05, 4.69) is 36.4 Å². The normalized spacial score (nSPS) is 14.3. The summed E-state index contributed by atoms with van der Waals surface area (Å²) in [5.41, 5.74) is 5.05. The molecule has 0 bridgehead atoms. The fourth-order valence-corrected chi connectivity index (χ4v) is 5.16. The number of para-hydroxylation sites is 1. The van der Waals surface area contributed by atoms with Crippen molar-refractivity contribution in [2.45, 2.75) is 12.5 Å². The number of pyridine rings is 1. The molecule has 0 saturated carbocycles. The van der Waals surface area contributed by atoms with Crippen molar-refractivity contribution in [3.8, 4) is 39.9 Å². The van der Waals surface area contributed by atoms with Crippen LogP contribution in [0, 0.1) is 0 Å². The van der Waals surface area contributed by atoms with Crippen molar-refractivity contribution in [2.24, 2.45) is 0 Å². The maximum atomic E-state index is 6.70. The van der Waals surface area contributed by atoms with Gasteiger partial charge in [0.05, 0.1) is 39.6 Å². The van der Waals surface area contributed by atoms with Crippen molar-refractivity contribution >= 4 is 21.7 Å². The van der Waals surface area contributed by atoms with Crippen LogP contribution >= 0.6 is 0 Å². The highest BCUT2D eigenvalue weighted by Crippen LogP contribution is 2.46. The fraction of sp³-hybridized carbons (Fsp3) is 0.194. The Bertz CT molecular complexity index is 1600. The third-order valence-corrected chi connectivity index (χ3v) is 6.97. The largest absolute Gasteiger partial charge is 0.497 e. The molecule has 6 nitrogen and oxygen atoms in total. The van der Waals surface area contributed by atoms with E-state index in [9.17, 15) is 0 Å². The molecular weight excluding hydrogens is 466 g/mol. The molecular formula is C31H27NO5. The Morgan fingerprint density at radius 2 is 1.46 bits per heavy atom. The molecule has 6 rings (SSSR count). The van der Waals surface area contributed by atoms with Crippen LogP contribution in [0.3, 0.4) is 0 Å². The van der Waals surface area contributed by atoms with Crippen LogP contribution < -0.4 is 23.7 Å². The number of aromatic nitrogens is 1. The standard InChI is InChI=1S/C31H27NO5/c1-33-21-11-9-18(10-12-21)19-13-23-22-7-5-6-8-24(22)32-25-17-26(37-27(14-19)30(23)25)20-15-28(34-2)31(36-4)29(16-20)35-3/h5-16,26H,17H2,1-4H3. The average molecular weight is 494 g/mol. The summed E-state index contributed by atoms with van der Waals surface area (Å²) in [6.07, 6.45) is 0.346. The molecule has 0 saturated heterocycles. The van der Waals surface area contributed by atoms with Gasteiger partial charge in [0.15, 0.2) is 11.5 Å². The minimum absolute atomic E-state index is 0.274. The van der Waals surface area contributed by atoms with E-state index in [-0.39, 0.29) is 6.10 Å². The van der Waals surface area contributed by atoms with Gasteiger partial charge in [-0.05, 0) is 59.0 Å². The molecule has 0 N–H and O–H groups in total. The second-order valence-electron chi connectivity index (χ2n) is 8.97. The van der Waals surface area contributed by atoms with Gasteiger partial charge in [-0.15, -0.1) is 0 Å². The van der Waals surface area contributed by atoms with Crippen LogP contribution in [0.1, 0.15) is 17.4 Å². The summed E-state index contributed by atoms with van der Waals surface area (Å²) in [7, 11) is 6.51. The zero-order valence-corrected chi connectivity index (χ0v) is 21.2. The Hall–Kier alpha value is -4.45. The molecule has 2 heterocycles. The van der Waals surface area contributed by atoms with Gasteiger partial charge in [0.1, 0.15) is 17.6 Å².